The number of carbonyl (C=O) groups is 1. The van der Waals surface area contributed by atoms with Gasteiger partial charge >= 0.3 is 0 Å². The number of carbonyl (C=O) groups excluding carboxylic acids is 1. The van der Waals surface area contributed by atoms with E-state index in [9.17, 15) is 9.90 Å². The molecule has 0 spiro atoms. The highest BCUT2D eigenvalue weighted by Gasteiger charge is 2.16. The molecular weight excluding hydrogens is 226 g/mol. The Morgan fingerprint density at radius 1 is 1.33 bits per heavy atom. The van der Waals surface area contributed by atoms with Crippen LogP contribution in [0.15, 0.2) is 18.2 Å². The molecule has 0 radical (unpaired) electrons. The van der Waals surface area contributed by atoms with Crippen molar-refractivity contribution >= 4 is 5.91 Å². The van der Waals surface area contributed by atoms with E-state index in [4.69, 9.17) is 0 Å². The van der Waals surface area contributed by atoms with Crippen molar-refractivity contribution in [2.24, 2.45) is 5.92 Å². The van der Waals surface area contributed by atoms with Gasteiger partial charge in [0, 0.05) is 12.6 Å². The first kappa shape index (κ1) is 12.9. The van der Waals surface area contributed by atoms with Crippen molar-refractivity contribution in [3.63, 3.8) is 0 Å². The summed E-state index contributed by atoms with van der Waals surface area (Å²) in [5.74, 6) is 0.873. The van der Waals surface area contributed by atoms with Crippen molar-refractivity contribution in [2.45, 2.75) is 38.5 Å². The lowest BCUT2D eigenvalue weighted by atomic mass is 9.84. The molecule has 1 saturated carbocycles. The molecule has 0 saturated heterocycles. The molecule has 0 unspecified atom stereocenters. The number of amides is 1. The van der Waals surface area contributed by atoms with Gasteiger partial charge in [0.2, 0.25) is 0 Å². The van der Waals surface area contributed by atoms with Gasteiger partial charge in [-0.25, -0.2) is 0 Å². The molecule has 0 bridgehead atoms. The molecule has 1 aliphatic carbocycles. The zero-order valence-electron chi connectivity index (χ0n) is 10.9. The number of aromatic hydroxyl groups is 1. The van der Waals surface area contributed by atoms with Crippen molar-refractivity contribution in [3.05, 3.63) is 29.3 Å². The number of phenolic OH excluding ortho intramolecular Hbond substituents is 1. The van der Waals surface area contributed by atoms with Gasteiger partial charge in [-0.1, -0.05) is 32.1 Å². The van der Waals surface area contributed by atoms with Gasteiger partial charge in [0.1, 0.15) is 5.75 Å². The topological polar surface area (TPSA) is 49.3 Å². The van der Waals surface area contributed by atoms with E-state index in [0.29, 0.717) is 17.2 Å². The van der Waals surface area contributed by atoms with E-state index in [2.05, 4.69) is 5.32 Å². The van der Waals surface area contributed by atoms with Gasteiger partial charge in [0.15, 0.2) is 0 Å². The second-order valence-corrected chi connectivity index (χ2v) is 5.13. The Bertz CT molecular complexity index is 423. The van der Waals surface area contributed by atoms with Crippen molar-refractivity contribution in [2.75, 3.05) is 7.05 Å². The maximum absolute atomic E-state index is 11.6. The average Bonchev–Trinajstić information content (AvgIpc) is 2.41. The molecule has 3 heteroatoms. The zero-order valence-corrected chi connectivity index (χ0v) is 10.9. The summed E-state index contributed by atoms with van der Waals surface area (Å²) in [6.07, 6.45) is 7.28. The Kier molecular flexibility index (Phi) is 4.24. The number of benzene rings is 1. The number of rotatable bonds is 3. The van der Waals surface area contributed by atoms with E-state index in [-0.39, 0.29) is 5.91 Å². The van der Waals surface area contributed by atoms with Crippen molar-refractivity contribution < 1.29 is 9.90 Å². The molecule has 18 heavy (non-hydrogen) atoms. The van der Waals surface area contributed by atoms with Crippen LogP contribution in [-0.2, 0) is 6.42 Å². The molecule has 1 aromatic rings. The second kappa shape index (κ2) is 5.89. The Hall–Kier alpha value is -1.51. The molecule has 1 aliphatic rings. The molecule has 0 heterocycles. The normalized spacial score (nSPS) is 16.5. The fourth-order valence-corrected chi connectivity index (χ4v) is 2.74. The lowest BCUT2D eigenvalue weighted by Gasteiger charge is -2.22. The zero-order chi connectivity index (χ0) is 13.0. The maximum atomic E-state index is 11.6. The Morgan fingerprint density at radius 3 is 2.72 bits per heavy atom. The third-order valence-electron chi connectivity index (χ3n) is 3.80. The van der Waals surface area contributed by atoms with E-state index in [0.717, 1.165) is 12.0 Å². The molecule has 1 amide bonds. The summed E-state index contributed by atoms with van der Waals surface area (Å²) in [4.78, 5) is 11.6. The first-order valence-electron chi connectivity index (χ1n) is 6.74. The third kappa shape index (κ3) is 3.03. The van der Waals surface area contributed by atoms with Crippen LogP contribution in [0.25, 0.3) is 0 Å². The van der Waals surface area contributed by atoms with Crippen LogP contribution in [0.2, 0.25) is 0 Å². The number of nitrogens with one attached hydrogen (secondary N) is 1. The van der Waals surface area contributed by atoms with Gasteiger partial charge < -0.3 is 10.4 Å². The molecular formula is C15H21NO2. The van der Waals surface area contributed by atoms with Crippen LogP contribution in [0, 0.1) is 5.92 Å². The fraction of sp³-hybridized carbons (Fsp3) is 0.533. The molecule has 0 atom stereocenters. The van der Waals surface area contributed by atoms with Crippen LogP contribution in [0.3, 0.4) is 0 Å². The average molecular weight is 247 g/mol. The van der Waals surface area contributed by atoms with Gasteiger partial charge in [-0.3, -0.25) is 4.79 Å². The quantitative estimate of drug-likeness (QED) is 0.863. The summed E-state index contributed by atoms with van der Waals surface area (Å²) in [5.41, 5.74) is 1.53. The van der Waals surface area contributed by atoms with E-state index < -0.39 is 0 Å². The summed E-state index contributed by atoms with van der Waals surface area (Å²) in [5, 5.41) is 12.5. The van der Waals surface area contributed by atoms with Crippen molar-refractivity contribution in [1.82, 2.24) is 5.32 Å². The molecule has 2 rings (SSSR count). The highest BCUT2D eigenvalue weighted by atomic mass is 16.3. The molecule has 0 aromatic heterocycles. The minimum atomic E-state index is -0.0973. The highest BCUT2D eigenvalue weighted by molar-refractivity contribution is 5.94. The van der Waals surface area contributed by atoms with Crippen LogP contribution in [0.4, 0.5) is 0 Å². The lowest BCUT2D eigenvalue weighted by Crippen LogP contribution is -2.18. The van der Waals surface area contributed by atoms with Crippen LogP contribution >= 0.6 is 0 Å². The summed E-state index contributed by atoms with van der Waals surface area (Å²) >= 11 is 0. The van der Waals surface area contributed by atoms with Gasteiger partial charge in [-0.05, 0) is 36.1 Å². The monoisotopic (exact) mass is 247 g/mol. The molecule has 1 aromatic carbocycles. The summed E-state index contributed by atoms with van der Waals surface area (Å²) < 4.78 is 0. The van der Waals surface area contributed by atoms with Gasteiger partial charge in [0.25, 0.3) is 5.91 Å². The molecule has 0 aliphatic heterocycles. The molecule has 3 nitrogen and oxygen atoms in total. The summed E-state index contributed by atoms with van der Waals surface area (Å²) in [6, 6.07) is 5.12. The predicted molar refractivity (Wildman–Crippen MR) is 71.8 cm³/mol. The van der Waals surface area contributed by atoms with Gasteiger partial charge in [0.05, 0.1) is 0 Å². The van der Waals surface area contributed by atoms with Crippen molar-refractivity contribution in [3.8, 4) is 5.75 Å². The van der Waals surface area contributed by atoms with Crippen LogP contribution in [0.1, 0.15) is 48.0 Å². The number of hydrogen-bond donors (Lipinski definition) is 2. The first-order valence-corrected chi connectivity index (χ1v) is 6.74. The Balaban J connectivity index is 2.12. The van der Waals surface area contributed by atoms with Crippen LogP contribution in [0.5, 0.6) is 5.75 Å². The minimum Gasteiger partial charge on any atom is -0.508 e. The largest absolute Gasteiger partial charge is 0.508 e. The lowest BCUT2D eigenvalue weighted by molar-refractivity contribution is 0.0963. The van der Waals surface area contributed by atoms with E-state index >= 15 is 0 Å². The smallest absolute Gasteiger partial charge is 0.251 e. The molecule has 2 N–H and O–H groups in total. The predicted octanol–water partition coefficient (Wildman–Crippen LogP) is 2.87. The second-order valence-electron chi connectivity index (χ2n) is 5.13. The van der Waals surface area contributed by atoms with E-state index in [1.807, 2.05) is 6.07 Å². The van der Waals surface area contributed by atoms with E-state index in [1.54, 1.807) is 19.2 Å². The van der Waals surface area contributed by atoms with Crippen LogP contribution < -0.4 is 5.32 Å². The fourth-order valence-electron chi connectivity index (χ4n) is 2.74. The summed E-state index contributed by atoms with van der Waals surface area (Å²) in [7, 11) is 1.62. The molecule has 98 valence electrons. The Morgan fingerprint density at radius 2 is 2.06 bits per heavy atom. The van der Waals surface area contributed by atoms with E-state index in [1.165, 1.54) is 32.1 Å². The number of phenols is 1. The molecule has 1 fully saturated rings. The van der Waals surface area contributed by atoms with Gasteiger partial charge in [-0.2, -0.15) is 0 Å². The number of hydrogen-bond acceptors (Lipinski definition) is 2. The minimum absolute atomic E-state index is 0.0973. The Labute approximate surface area is 108 Å². The summed E-state index contributed by atoms with van der Waals surface area (Å²) in [6.45, 7) is 0. The van der Waals surface area contributed by atoms with Crippen LogP contribution in [-0.4, -0.2) is 18.1 Å². The maximum Gasteiger partial charge on any atom is 0.251 e. The standard InChI is InChI=1S/C15H21NO2/c1-16-15(18)12-7-8-14(17)13(10-12)9-11-5-3-2-4-6-11/h7-8,10-11,17H,2-6,9H2,1H3,(H,16,18). The SMILES string of the molecule is CNC(=O)c1ccc(O)c(CC2CCCCC2)c1. The van der Waals surface area contributed by atoms with Crippen molar-refractivity contribution in [1.29, 1.82) is 0 Å². The highest BCUT2D eigenvalue weighted by Crippen LogP contribution is 2.30. The third-order valence-corrected chi connectivity index (χ3v) is 3.80. The van der Waals surface area contributed by atoms with Gasteiger partial charge in [-0.15, -0.1) is 0 Å². The first-order chi connectivity index (χ1) is 8.70.